The first-order chi connectivity index (χ1) is 8.15. The van der Waals surface area contributed by atoms with Crippen LogP contribution >= 0.6 is 0 Å². The molecule has 0 aromatic heterocycles. The minimum absolute atomic E-state index is 0.0482. The minimum Gasteiger partial charge on any atom is -0.435 e. The second kappa shape index (κ2) is 4.88. The predicted octanol–water partition coefficient (Wildman–Crippen LogP) is 1.92. The Morgan fingerprint density at radius 2 is 2.06 bits per heavy atom. The lowest BCUT2D eigenvalue weighted by Crippen LogP contribution is -2.71. The highest BCUT2D eigenvalue weighted by Crippen LogP contribution is 2.28. The van der Waals surface area contributed by atoms with E-state index in [0.717, 1.165) is 6.42 Å². The first-order valence-corrected chi connectivity index (χ1v) is 6.56. The summed E-state index contributed by atoms with van der Waals surface area (Å²) < 4.78 is -0.168. The second-order valence-electron chi connectivity index (χ2n) is 6.15. The molecule has 1 aliphatic heterocycles. The topological polar surface area (TPSA) is 57.6 Å². The van der Waals surface area contributed by atoms with Gasteiger partial charge >= 0.3 is 6.09 Å². The fourth-order valence-electron chi connectivity index (χ4n) is 2.51. The van der Waals surface area contributed by atoms with Crippen molar-refractivity contribution >= 4 is 12.0 Å². The molecule has 1 N–H and O–H groups in total. The first kappa shape index (κ1) is 15.0. The van der Waals surface area contributed by atoms with Crippen LogP contribution < -0.4 is 0 Å². The number of hydrogen-bond acceptors (Lipinski definition) is 2. The third-order valence-electron chi connectivity index (χ3n) is 4.22. The Balaban J connectivity index is 2.98. The number of quaternary nitrogens is 1. The number of rotatable bonds is 2. The first-order valence-electron chi connectivity index (χ1n) is 6.56. The summed E-state index contributed by atoms with van der Waals surface area (Å²) >= 11 is 0. The lowest BCUT2D eigenvalue weighted by Gasteiger charge is -2.48. The number of carbonyl (C=O) groups excluding carboxylic acids is 1. The van der Waals surface area contributed by atoms with Gasteiger partial charge < -0.3 is 10.0 Å². The average Bonchev–Trinajstić information content (AvgIpc) is 2.26. The molecule has 0 spiro atoms. The van der Waals surface area contributed by atoms with Crippen LogP contribution in [-0.4, -0.2) is 57.7 Å². The summed E-state index contributed by atoms with van der Waals surface area (Å²) in [5.74, 6) is -0.0482. The molecule has 1 fully saturated rings. The van der Waals surface area contributed by atoms with E-state index in [2.05, 4.69) is 0 Å². The zero-order valence-electron chi connectivity index (χ0n) is 12.1. The largest absolute Gasteiger partial charge is 0.514 e. The van der Waals surface area contributed by atoms with Gasteiger partial charge in [-0.3, -0.25) is 4.79 Å². The molecule has 1 heterocycles. The monoisotopic (exact) mass is 257 g/mol. The van der Waals surface area contributed by atoms with Crippen molar-refractivity contribution in [3.8, 4) is 0 Å². The Bertz CT molecular complexity index is 349. The van der Waals surface area contributed by atoms with Gasteiger partial charge in [-0.1, -0.05) is 6.92 Å². The molecule has 0 aliphatic carbocycles. The molecule has 0 saturated carbocycles. The Kier molecular flexibility index (Phi) is 4.05. The smallest absolute Gasteiger partial charge is 0.435 e. The van der Waals surface area contributed by atoms with Gasteiger partial charge in [0.15, 0.2) is 6.54 Å². The molecular weight excluding hydrogens is 232 g/mol. The van der Waals surface area contributed by atoms with Gasteiger partial charge in [0.1, 0.15) is 12.1 Å². The quantitative estimate of drug-likeness (QED) is 0.769. The summed E-state index contributed by atoms with van der Waals surface area (Å²) in [6.45, 7) is 10.8. The molecule has 0 radical (unpaired) electrons. The minimum atomic E-state index is -0.903. The normalized spacial score (nSPS) is 27.2. The number of carbonyl (C=O) groups is 2. The Hall–Kier alpha value is -1.10. The van der Waals surface area contributed by atoms with E-state index in [4.69, 9.17) is 0 Å². The van der Waals surface area contributed by atoms with Crippen molar-refractivity contribution in [2.75, 3.05) is 19.6 Å². The molecule has 0 bridgehead atoms. The van der Waals surface area contributed by atoms with Crippen molar-refractivity contribution in [3.63, 3.8) is 0 Å². The molecule has 0 aromatic rings. The SMILES string of the molecule is CCC(C)N1CC[N+](C(=O)O)(C(C)(C)C)CC1=O. The van der Waals surface area contributed by atoms with Gasteiger partial charge in [-0.15, -0.1) is 0 Å². The maximum atomic E-state index is 12.2. The number of hydrogen-bond donors (Lipinski definition) is 1. The fraction of sp³-hybridized carbons (Fsp3) is 0.846. The molecule has 1 saturated heterocycles. The van der Waals surface area contributed by atoms with Gasteiger partial charge in [0.05, 0.1) is 6.54 Å². The van der Waals surface area contributed by atoms with E-state index in [1.807, 2.05) is 39.5 Å². The number of carboxylic acid groups (broad SMARTS) is 1. The van der Waals surface area contributed by atoms with Crippen LogP contribution in [0.5, 0.6) is 0 Å². The van der Waals surface area contributed by atoms with Gasteiger partial charge in [0, 0.05) is 6.04 Å². The zero-order valence-corrected chi connectivity index (χ0v) is 12.1. The third kappa shape index (κ3) is 2.36. The second-order valence-corrected chi connectivity index (χ2v) is 6.15. The van der Waals surface area contributed by atoms with Crippen LogP contribution in [0.25, 0.3) is 0 Å². The van der Waals surface area contributed by atoms with Gasteiger partial charge in [-0.2, -0.15) is 4.79 Å². The average molecular weight is 257 g/mol. The zero-order chi connectivity index (χ0) is 14.1. The summed E-state index contributed by atoms with van der Waals surface area (Å²) in [5, 5.41) is 9.53. The van der Waals surface area contributed by atoms with E-state index < -0.39 is 11.6 Å². The van der Waals surface area contributed by atoms with E-state index in [1.165, 1.54) is 0 Å². The van der Waals surface area contributed by atoms with E-state index in [1.54, 1.807) is 0 Å². The molecule has 18 heavy (non-hydrogen) atoms. The van der Waals surface area contributed by atoms with E-state index in [9.17, 15) is 14.7 Å². The number of piperazine rings is 1. The maximum absolute atomic E-state index is 12.2. The van der Waals surface area contributed by atoms with Crippen molar-refractivity contribution in [1.82, 2.24) is 4.90 Å². The molecule has 1 aliphatic rings. The molecule has 0 aromatic carbocycles. The van der Waals surface area contributed by atoms with Gasteiger partial charge in [0.25, 0.3) is 5.91 Å². The lowest BCUT2D eigenvalue weighted by atomic mass is 9.99. The summed E-state index contributed by atoms with van der Waals surface area (Å²) in [7, 11) is 0. The van der Waals surface area contributed by atoms with E-state index in [-0.39, 0.29) is 23.0 Å². The molecular formula is C13H25N2O3+. The Labute approximate surface area is 109 Å². The van der Waals surface area contributed by atoms with E-state index in [0.29, 0.717) is 13.1 Å². The van der Waals surface area contributed by atoms with Crippen LogP contribution in [-0.2, 0) is 4.79 Å². The predicted molar refractivity (Wildman–Crippen MR) is 69.2 cm³/mol. The Morgan fingerprint density at radius 1 is 1.50 bits per heavy atom. The van der Waals surface area contributed by atoms with Crippen LogP contribution in [0.4, 0.5) is 4.79 Å². The summed E-state index contributed by atoms with van der Waals surface area (Å²) in [4.78, 5) is 25.6. The summed E-state index contributed by atoms with van der Waals surface area (Å²) in [6.07, 6.45) is -0.00595. The highest BCUT2D eigenvalue weighted by atomic mass is 16.4. The molecule has 5 heteroatoms. The van der Waals surface area contributed by atoms with Gasteiger partial charge in [0.2, 0.25) is 0 Å². The van der Waals surface area contributed by atoms with Crippen molar-refractivity contribution in [2.45, 2.75) is 52.6 Å². The molecule has 104 valence electrons. The molecule has 1 rings (SSSR count). The summed E-state index contributed by atoms with van der Waals surface area (Å²) in [5.41, 5.74) is -0.469. The molecule has 2 unspecified atom stereocenters. The van der Waals surface area contributed by atoms with Crippen LogP contribution in [0.3, 0.4) is 0 Å². The highest BCUT2D eigenvalue weighted by molar-refractivity contribution is 5.80. The van der Waals surface area contributed by atoms with Crippen LogP contribution in [0, 0.1) is 0 Å². The van der Waals surface area contributed by atoms with Crippen molar-refractivity contribution < 1.29 is 19.2 Å². The van der Waals surface area contributed by atoms with Crippen molar-refractivity contribution in [3.05, 3.63) is 0 Å². The van der Waals surface area contributed by atoms with Crippen LogP contribution in [0.2, 0.25) is 0 Å². The van der Waals surface area contributed by atoms with E-state index >= 15 is 0 Å². The number of amides is 2. The highest BCUT2D eigenvalue weighted by Gasteiger charge is 2.52. The molecule has 5 nitrogen and oxygen atoms in total. The van der Waals surface area contributed by atoms with Gasteiger partial charge in [-0.05, 0) is 34.1 Å². The fourth-order valence-corrected chi connectivity index (χ4v) is 2.51. The Morgan fingerprint density at radius 3 is 2.39 bits per heavy atom. The van der Waals surface area contributed by atoms with Crippen molar-refractivity contribution in [2.24, 2.45) is 0 Å². The van der Waals surface area contributed by atoms with Crippen molar-refractivity contribution in [1.29, 1.82) is 0 Å². The molecule has 2 atom stereocenters. The standard InChI is InChI=1S/C13H24N2O3/c1-6-10(2)14-7-8-15(12(17)18,9-11(14)16)13(3,4)5/h10H,6-9H2,1-5H3/p+1. The van der Waals surface area contributed by atoms with Crippen LogP contribution in [0.15, 0.2) is 0 Å². The molecule has 2 amide bonds. The lowest BCUT2D eigenvalue weighted by molar-refractivity contribution is -0.899. The number of nitrogens with zero attached hydrogens (tertiary/aromatic N) is 2. The van der Waals surface area contributed by atoms with Crippen LogP contribution in [0.1, 0.15) is 41.0 Å². The third-order valence-corrected chi connectivity index (χ3v) is 4.22. The summed E-state index contributed by atoms with van der Waals surface area (Å²) in [6, 6.07) is 0.188. The maximum Gasteiger partial charge on any atom is 0.514 e. The van der Waals surface area contributed by atoms with Gasteiger partial charge in [-0.25, -0.2) is 4.48 Å².